The van der Waals surface area contributed by atoms with Crippen LogP contribution >= 0.6 is 0 Å². The van der Waals surface area contributed by atoms with Gasteiger partial charge < -0.3 is 44.6 Å². The van der Waals surface area contributed by atoms with Gasteiger partial charge in [-0.1, -0.05) is 90.4 Å². The number of imidazole rings is 2. The van der Waals surface area contributed by atoms with Crippen LogP contribution in [0.15, 0.2) is 66.9 Å². The first-order chi connectivity index (χ1) is 32.8. The highest BCUT2D eigenvalue weighted by atomic mass is 16.5. The summed E-state index contributed by atoms with van der Waals surface area (Å²) in [5, 5.41) is 5.42. The maximum Gasteiger partial charge on any atom is 0.407 e. The molecule has 364 valence electrons. The number of H-pyrrole nitrogens is 2. The van der Waals surface area contributed by atoms with Crippen molar-refractivity contribution in [3.8, 4) is 52.2 Å². The van der Waals surface area contributed by atoms with Gasteiger partial charge in [-0.25, -0.2) is 14.8 Å². The number of amides is 4. The van der Waals surface area contributed by atoms with Crippen molar-refractivity contribution in [3.63, 3.8) is 0 Å². The average molecular weight is 931 g/mol. The molecule has 7 rings (SSSR count). The quantitative estimate of drug-likeness (QED) is 0.0746. The summed E-state index contributed by atoms with van der Waals surface area (Å²) in [4.78, 5) is 71.5. The third-order valence-electron chi connectivity index (χ3n) is 11.2. The molecule has 3 aromatic carbocycles. The van der Waals surface area contributed by atoms with Crippen molar-refractivity contribution >= 4 is 23.8 Å². The summed E-state index contributed by atoms with van der Waals surface area (Å²) in [5.74, 6) is 1.75. The highest BCUT2D eigenvalue weighted by Crippen LogP contribution is 2.44. The molecule has 2 aromatic heterocycles. The van der Waals surface area contributed by atoms with Gasteiger partial charge in [0.25, 0.3) is 0 Å². The lowest BCUT2D eigenvalue weighted by Crippen LogP contribution is -2.44. The molecule has 0 fully saturated rings. The number of aromatic amines is 2. The Morgan fingerprint density at radius 2 is 1.56 bits per heavy atom. The summed E-state index contributed by atoms with van der Waals surface area (Å²) in [6, 6.07) is 18.8. The van der Waals surface area contributed by atoms with Crippen LogP contribution in [0.1, 0.15) is 108 Å². The van der Waals surface area contributed by atoms with Gasteiger partial charge in [0.15, 0.2) is 0 Å². The number of carbonyl (C=O) groups is 4. The van der Waals surface area contributed by atoms with Gasteiger partial charge in [0, 0.05) is 50.0 Å². The number of aromatic nitrogens is 4. The summed E-state index contributed by atoms with van der Waals surface area (Å²) >= 11 is 0. The molecule has 0 saturated heterocycles. The normalized spacial score (nSPS) is 12.4. The zero-order chi connectivity index (χ0) is 49.9. The van der Waals surface area contributed by atoms with E-state index < -0.39 is 12.1 Å². The molecule has 15 nitrogen and oxygen atoms in total. The summed E-state index contributed by atoms with van der Waals surface area (Å²) in [5.41, 5.74) is 9.74. The van der Waals surface area contributed by atoms with E-state index in [1.54, 1.807) is 37.1 Å². The predicted molar refractivity (Wildman–Crippen MR) is 266 cm³/mol. The molecular weight excluding hydrogens is 861 g/mol. The largest absolute Gasteiger partial charge is 0.488 e. The Labute approximate surface area is 402 Å². The Kier molecular flexibility index (Phi) is 20.9. The molecule has 5 aromatic rings. The summed E-state index contributed by atoms with van der Waals surface area (Å²) in [7, 11) is 4.53. The first-order valence-electron chi connectivity index (χ1n) is 23.3. The summed E-state index contributed by atoms with van der Waals surface area (Å²) < 4.78 is 15.5. The smallest absolute Gasteiger partial charge is 0.407 e. The van der Waals surface area contributed by atoms with E-state index >= 15 is 0 Å². The third-order valence-corrected chi connectivity index (χ3v) is 11.2. The van der Waals surface area contributed by atoms with Gasteiger partial charge in [0.05, 0.1) is 44.3 Å². The molecular formula is C53H70N8O7. The molecule has 68 heavy (non-hydrogen) atoms. The molecule has 15 heteroatoms. The molecule has 0 bridgehead atoms. The van der Waals surface area contributed by atoms with E-state index in [1.807, 2.05) is 58.0 Å². The molecule has 4 N–H and O–H groups in total. The van der Waals surface area contributed by atoms with Gasteiger partial charge >= 0.3 is 6.09 Å². The van der Waals surface area contributed by atoms with E-state index in [0.29, 0.717) is 43.3 Å². The molecule has 3 heterocycles. The number of ether oxygens (including phenoxy) is 3. The first-order valence-corrected chi connectivity index (χ1v) is 23.3. The summed E-state index contributed by atoms with van der Waals surface area (Å²) in [6.07, 6.45) is 13.1. The Balaban J connectivity index is 0.00000118. The van der Waals surface area contributed by atoms with Crippen LogP contribution in [0.3, 0.4) is 0 Å². The van der Waals surface area contributed by atoms with E-state index in [2.05, 4.69) is 87.3 Å². The van der Waals surface area contributed by atoms with E-state index in [-0.39, 0.29) is 42.8 Å². The van der Waals surface area contributed by atoms with Gasteiger partial charge in [-0.2, -0.15) is 0 Å². The number of fused-ring (bicyclic) bond motifs is 6. The highest BCUT2D eigenvalue weighted by molar-refractivity contribution is 5.87. The lowest BCUT2D eigenvalue weighted by Gasteiger charge is -2.28. The fourth-order valence-corrected chi connectivity index (χ4v) is 7.89. The average Bonchev–Trinajstić information content (AvgIpc) is 4.01. The number of benzene rings is 3. The molecule has 0 saturated carbocycles. The molecule has 2 aliphatic rings. The van der Waals surface area contributed by atoms with Crippen molar-refractivity contribution in [2.24, 2.45) is 5.92 Å². The van der Waals surface area contributed by atoms with Crippen LogP contribution in [0, 0.1) is 18.8 Å². The maximum atomic E-state index is 14.0. The van der Waals surface area contributed by atoms with Gasteiger partial charge in [-0.3, -0.25) is 14.4 Å². The van der Waals surface area contributed by atoms with Crippen molar-refractivity contribution in [1.82, 2.24) is 40.4 Å². The van der Waals surface area contributed by atoms with Gasteiger partial charge in [0.1, 0.15) is 30.0 Å². The zero-order valence-corrected chi connectivity index (χ0v) is 41.5. The number of hydrogen-bond acceptors (Lipinski definition) is 9. The predicted octanol–water partition coefficient (Wildman–Crippen LogP) is 8.79. The van der Waals surface area contributed by atoms with Crippen LogP contribution in [-0.2, 0) is 56.4 Å². The topological polar surface area (TPSA) is 184 Å². The minimum absolute atomic E-state index is 0.0195. The second-order valence-electron chi connectivity index (χ2n) is 17.0. The van der Waals surface area contributed by atoms with E-state index in [1.165, 1.54) is 19.1 Å². The standard InChI is InChI=1S/C46H54N8O6.C3H8.C2H6O.C2H2/c1-7-28(5)54(42(56)22-48-41(55)8-2)25-40-49-36-17-15-30-19-35-33-16-14-31(18-32(33)26-60-38(35)20-34(30)44(36)51-40)37-21-47-39(50-37)24-53(23-27(3)4)45(57)43(52-46(58)59-6)29-12-10-9-11-13-29;2*1-3-2;1-2/h9-14,16,18-21,27-28,43H,7-8,15,17,22-26H2,1-6H3,(H,47,50)(H,48,55)(H,49,51)(H,52,58);3H2,1-2H3;1-2H3;1-2H/t28-,43+;;;/m0.../s1. The number of methoxy groups -OCH3 is 2. The molecule has 1 aliphatic heterocycles. The van der Waals surface area contributed by atoms with Gasteiger partial charge in [0.2, 0.25) is 17.7 Å². The minimum Gasteiger partial charge on any atom is -0.488 e. The van der Waals surface area contributed by atoms with E-state index in [9.17, 15) is 19.2 Å². The fourth-order valence-electron chi connectivity index (χ4n) is 7.89. The Morgan fingerprint density at radius 1 is 0.853 bits per heavy atom. The number of nitrogens with one attached hydrogen (secondary N) is 4. The van der Waals surface area contributed by atoms with Crippen molar-refractivity contribution < 1.29 is 33.4 Å². The molecule has 1 aliphatic carbocycles. The molecule has 2 atom stereocenters. The van der Waals surface area contributed by atoms with Crippen LogP contribution in [0.2, 0.25) is 0 Å². The maximum absolute atomic E-state index is 14.0. The second kappa shape index (κ2) is 26.4. The summed E-state index contributed by atoms with van der Waals surface area (Å²) in [6.45, 7) is 15.5. The molecule has 0 spiro atoms. The van der Waals surface area contributed by atoms with Crippen molar-refractivity contribution in [1.29, 1.82) is 0 Å². The van der Waals surface area contributed by atoms with Gasteiger partial charge in [-0.15, -0.1) is 12.8 Å². The number of carbonyl (C=O) groups excluding carboxylic acids is 4. The molecule has 0 radical (unpaired) electrons. The Bertz CT molecular complexity index is 2460. The van der Waals surface area contributed by atoms with Crippen molar-refractivity contribution in [3.05, 3.63) is 101 Å². The van der Waals surface area contributed by atoms with Crippen molar-refractivity contribution in [2.45, 2.75) is 112 Å². The van der Waals surface area contributed by atoms with Crippen LogP contribution < -0.4 is 15.4 Å². The number of aryl methyl sites for hydroxylation is 2. The Morgan fingerprint density at radius 3 is 2.21 bits per heavy atom. The SMILES string of the molecule is C#C.CCC.CCC(=O)NCC(=O)N(Cc1nc2c([nH]1)CCc1cc3c(cc1-2)OCc1cc(-c2cnc(CN(CC(C)C)C(=O)[C@H](NC(=O)OC)c4ccccc4)[nH]2)ccc1-3)[C@@H](C)CC.COC. The number of nitrogens with zero attached hydrogens (tertiary/aromatic N) is 4. The highest BCUT2D eigenvalue weighted by Gasteiger charge is 2.31. The van der Waals surface area contributed by atoms with Crippen LogP contribution in [0.4, 0.5) is 4.79 Å². The van der Waals surface area contributed by atoms with Gasteiger partial charge in [-0.05, 0) is 78.1 Å². The molecule has 4 amide bonds. The number of hydrogen-bond donors (Lipinski definition) is 4. The van der Waals surface area contributed by atoms with E-state index in [4.69, 9.17) is 14.5 Å². The van der Waals surface area contributed by atoms with E-state index in [0.717, 1.165) is 69.9 Å². The van der Waals surface area contributed by atoms with Crippen LogP contribution in [-0.4, -0.2) is 94.0 Å². The Hall–Kier alpha value is -6.92. The lowest BCUT2D eigenvalue weighted by atomic mass is 9.86. The lowest BCUT2D eigenvalue weighted by molar-refractivity contribution is -0.135. The number of alkyl carbamates (subject to hydrolysis) is 1. The fraction of sp³-hybridized carbons (Fsp3) is 0.434. The third kappa shape index (κ3) is 13.8. The first kappa shape index (κ1) is 53.7. The monoisotopic (exact) mass is 931 g/mol. The van der Waals surface area contributed by atoms with Crippen LogP contribution in [0.5, 0.6) is 5.75 Å². The van der Waals surface area contributed by atoms with Crippen LogP contribution in [0.25, 0.3) is 33.6 Å². The molecule has 0 unspecified atom stereocenters. The zero-order valence-electron chi connectivity index (χ0n) is 41.5. The number of rotatable bonds is 15. The number of terminal acetylenes is 1. The minimum atomic E-state index is -0.921. The van der Waals surface area contributed by atoms with Crippen molar-refractivity contribution in [2.75, 3.05) is 34.4 Å². The second-order valence-corrected chi connectivity index (χ2v) is 17.0.